The van der Waals surface area contributed by atoms with E-state index in [4.69, 9.17) is 11.6 Å². The second-order valence-electron chi connectivity index (χ2n) is 4.81. The van der Waals surface area contributed by atoms with Gasteiger partial charge in [0, 0.05) is 31.2 Å². The van der Waals surface area contributed by atoms with Crippen molar-refractivity contribution in [2.45, 2.75) is 6.42 Å². The number of amides is 2. The Balaban J connectivity index is 2.33. The van der Waals surface area contributed by atoms with E-state index in [1.807, 2.05) is 0 Å². The number of carbonyl (C=O) groups is 2. The van der Waals surface area contributed by atoms with Gasteiger partial charge in [-0.2, -0.15) is 0 Å². The van der Waals surface area contributed by atoms with E-state index >= 15 is 0 Å². The van der Waals surface area contributed by atoms with Crippen LogP contribution in [0.15, 0.2) is 18.2 Å². The lowest BCUT2D eigenvalue weighted by Crippen LogP contribution is -2.38. The summed E-state index contributed by atoms with van der Waals surface area (Å²) in [5.74, 6) is -0.738. The number of likely N-dealkylation sites (N-methyl/N-ethyl adjacent to an activating group) is 1. The van der Waals surface area contributed by atoms with Crippen molar-refractivity contribution in [1.82, 2.24) is 9.80 Å². The Kier molecular flexibility index (Phi) is 4.42. The molecule has 0 saturated carbocycles. The molecular formula is C13H14ClN3O4. The lowest BCUT2D eigenvalue weighted by atomic mass is 10.1. The summed E-state index contributed by atoms with van der Waals surface area (Å²) in [4.78, 5) is 37.5. The molecule has 112 valence electrons. The first-order chi connectivity index (χ1) is 9.90. The summed E-state index contributed by atoms with van der Waals surface area (Å²) in [6.45, 7) is 0.845. The van der Waals surface area contributed by atoms with Crippen LogP contribution in [0, 0.1) is 10.1 Å². The van der Waals surface area contributed by atoms with Gasteiger partial charge in [-0.15, -0.1) is 0 Å². The number of nitro benzene ring substituents is 1. The maximum absolute atomic E-state index is 12.5. The van der Waals surface area contributed by atoms with Crippen LogP contribution >= 0.6 is 11.6 Å². The average molecular weight is 312 g/mol. The molecule has 0 bridgehead atoms. The lowest BCUT2D eigenvalue weighted by molar-refractivity contribution is -0.385. The molecule has 1 aliphatic rings. The van der Waals surface area contributed by atoms with Crippen LogP contribution in [0.25, 0.3) is 0 Å². The first-order valence-corrected chi connectivity index (χ1v) is 6.75. The van der Waals surface area contributed by atoms with Crippen molar-refractivity contribution >= 4 is 29.1 Å². The summed E-state index contributed by atoms with van der Waals surface area (Å²) in [7, 11) is 1.66. The third kappa shape index (κ3) is 3.30. The van der Waals surface area contributed by atoms with E-state index in [9.17, 15) is 19.7 Å². The molecular weight excluding hydrogens is 298 g/mol. The van der Waals surface area contributed by atoms with Crippen molar-refractivity contribution in [3.63, 3.8) is 0 Å². The van der Waals surface area contributed by atoms with Gasteiger partial charge in [0.15, 0.2) is 0 Å². The monoisotopic (exact) mass is 311 g/mol. The molecule has 0 aromatic heterocycles. The minimum atomic E-state index is -0.630. The predicted molar refractivity (Wildman–Crippen MR) is 76.3 cm³/mol. The molecule has 8 heteroatoms. The normalized spacial score (nSPS) is 15.8. The first-order valence-electron chi connectivity index (χ1n) is 6.37. The highest BCUT2D eigenvalue weighted by molar-refractivity contribution is 6.31. The van der Waals surface area contributed by atoms with Crippen LogP contribution in [-0.2, 0) is 4.79 Å². The van der Waals surface area contributed by atoms with Crippen LogP contribution in [-0.4, -0.2) is 53.2 Å². The zero-order valence-corrected chi connectivity index (χ0v) is 12.2. The van der Waals surface area contributed by atoms with Gasteiger partial charge < -0.3 is 9.80 Å². The van der Waals surface area contributed by atoms with E-state index < -0.39 is 10.8 Å². The lowest BCUT2D eigenvalue weighted by Gasteiger charge is -2.19. The Labute approximate surface area is 126 Å². The summed E-state index contributed by atoms with van der Waals surface area (Å²) in [5.41, 5.74) is -0.403. The number of carbonyl (C=O) groups excluding carboxylic acids is 2. The number of benzene rings is 1. The van der Waals surface area contributed by atoms with Gasteiger partial charge in [0.25, 0.3) is 11.6 Å². The highest BCUT2D eigenvalue weighted by Crippen LogP contribution is 2.24. The molecule has 1 aromatic rings. The van der Waals surface area contributed by atoms with Crippen molar-refractivity contribution < 1.29 is 14.5 Å². The summed E-state index contributed by atoms with van der Waals surface area (Å²) in [5, 5.41) is 11.3. The van der Waals surface area contributed by atoms with Crippen molar-refractivity contribution in [1.29, 1.82) is 0 Å². The molecule has 0 atom stereocenters. The average Bonchev–Trinajstić information content (AvgIpc) is 2.60. The fourth-order valence-electron chi connectivity index (χ4n) is 2.17. The van der Waals surface area contributed by atoms with Crippen LogP contribution in [0.1, 0.15) is 16.8 Å². The molecule has 7 nitrogen and oxygen atoms in total. The summed E-state index contributed by atoms with van der Waals surface area (Å²) in [6.07, 6.45) is 0.627. The summed E-state index contributed by atoms with van der Waals surface area (Å²) < 4.78 is 0. The molecule has 1 fully saturated rings. The zero-order valence-electron chi connectivity index (χ0n) is 11.4. The molecule has 0 radical (unpaired) electrons. The standard InChI is InChI=1S/C13H14ClN3O4/c1-15-5-2-6-16(8-12(15)18)13(19)10-7-9(14)3-4-11(10)17(20)21/h3-4,7H,2,5-6,8H2,1H3. The van der Waals surface area contributed by atoms with E-state index in [0.29, 0.717) is 19.5 Å². The predicted octanol–water partition coefficient (Wildman–Crippen LogP) is 1.55. The van der Waals surface area contributed by atoms with E-state index in [0.717, 1.165) is 0 Å². The van der Waals surface area contributed by atoms with E-state index in [1.165, 1.54) is 23.1 Å². The Morgan fingerprint density at radius 3 is 2.76 bits per heavy atom. The SMILES string of the molecule is CN1CCCN(C(=O)c2cc(Cl)ccc2[N+](=O)[O-])CC1=O. The molecule has 2 rings (SSSR count). The third-order valence-corrected chi connectivity index (χ3v) is 3.58. The number of hydrogen-bond donors (Lipinski definition) is 0. The van der Waals surface area contributed by atoms with Crippen molar-refractivity contribution in [2.24, 2.45) is 0 Å². The number of hydrogen-bond acceptors (Lipinski definition) is 4. The van der Waals surface area contributed by atoms with Gasteiger partial charge in [-0.25, -0.2) is 0 Å². The van der Waals surface area contributed by atoms with Crippen molar-refractivity contribution in [3.8, 4) is 0 Å². The highest BCUT2D eigenvalue weighted by atomic mass is 35.5. The van der Waals surface area contributed by atoms with Gasteiger partial charge in [-0.3, -0.25) is 19.7 Å². The zero-order chi connectivity index (χ0) is 15.6. The van der Waals surface area contributed by atoms with Gasteiger partial charge in [-0.1, -0.05) is 11.6 Å². The molecule has 2 amide bonds. The van der Waals surface area contributed by atoms with Crippen LogP contribution in [0.2, 0.25) is 5.02 Å². The van der Waals surface area contributed by atoms with Crippen LogP contribution in [0.5, 0.6) is 0 Å². The molecule has 1 aromatic carbocycles. The Morgan fingerprint density at radius 1 is 1.38 bits per heavy atom. The van der Waals surface area contributed by atoms with Crippen LogP contribution < -0.4 is 0 Å². The van der Waals surface area contributed by atoms with E-state index in [2.05, 4.69) is 0 Å². The Hall–Kier alpha value is -2.15. The fourth-order valence-corrected chi connectivity index (χ4v) is 2.34. The van der Waals surface area contributed by atoms with Gasteiger partial charge in [0.05, 0.1) is 4.92 Å². The first kappa shape index (κ1) is 15.2. The van der Waals surface area contributed by atoms with Crippen LogP contribution in [0.3, 0.4) is 0 Å². The van der Waals surface area contributed by atoms with Crippen LogP contribution in [0.4, 0.5) is 5.69 Å². The van der Waals surface area contributed by atoms with E-state index in [1.54, 1.807) is 11.9 Å². The van der Waals surface area contributed by atoms with Gasteiger partial charge >= 0.3 is 0 Å². The molecule has 0 spiro atoms. The molecule has 1 heterocycles. The van der Waals surface area contributed by atoms with E-state index in [-0.39, 0.29) is 28.7 Å². The molecule has 0 aliphatic carbocycles. The Bertz CT molecular complexity index is 605. The molecule has 1 aliphatic heterocycles. The molecule has 21 heavy (non-hydrogen) atoms. The minimum absolute atomic E-state index is 0.0843. The number of rotatable bonds is 2. The quantitative estimate of drug-likeness (QED) is 0.613. The number of nitrogens with zero attached hydrogens (tertiary/aromatic N) is 3. The molecule has 0 N–H and O–H groups in total. The second kappa shape index (κ2) is 6.09. The maximum atomic E-state index is 12.5. The maximum Gasteiger partial charge on any atom is 0.282 e. The Morgan fingerprint density at radius 2 is 2.10 bits per heavy atom. The smallest absolute Gasteiger partial charge is 0.282 e. The summed E-state index contributed by atoms with van der Waals surface area (Å²) in [6, 6.07) is 3.82. The van der Waals surface area contributed by atoms with Crippen molar-refractivity contribution in [2.75, 3.05) is 26.7 Å². The number of nitro groups is 1. The summed E-state index contributed by atoms with van der Waals surface area (Å²) >= 11 is 5.82. The fraction of sp³-hybridized carbons (Fsp3) is 0.385. The second-order valence-corrected chi connectivity index (χ2v) is 5.25. The highest BCUT2D eigenvalue weighted by Gasteiger charge is 2.28. The van der Waals surface area contributed by atoms with Gasteiger partial charge in [0.2, 0.25) is 5.91 Å². The minimum Gasteiger partial charge on any atom is -0.344 e. The molecule has 0 unspecified atom stereocenters. The largest absolute Gasteiger partial charge is 0.344 e. The number of halogens is 1. The van der Waals surface area contributed by atoms with Gasteiger partial charge in [-0.05, 0) is 18.6 Å². The van der Waals surface area contributed by atoms with Gasteiger partial charge in [0.1, 0.15) is 12.1 Å². The van der Waals surface area contributed by atoms with Crippen molar-refractivity contribution in [3.05, 3.63) is 38.9 Å². The topological polar surface area (TPSA) is 83.8 Å². The third-order valence-electron chi connectivity index (χ3n) is 3.35. The molecule has 1 saturated heterocycles.